The molecule has 18 heavy (non-hydrogen) atoms. The van der Waals surface area contributed by atoms with Crippen molar-refractivity contribution in [2.75, 3.05) is 17.2 Å². The van der Waals surface area contributed by atoms with E-state index in [2.05, 4.69) is 35.4 Å². The van der Waals surface area contributed by atoms with Crippen LogP contribution in [0.3, 0.4) is 0 Å². The second-order valence-electron chi connectivity index (χ2n) is 4.93. The molecule has 0 saturated carbocycles. The summed E-state index contributed by atoms with van der Waals surface area (Å²) in [5.41, 5.74) is 2.19. The Morgan fingerprint density at radius 2 is 2.22 bits per heavy atom. The molecule has 0 N–H and O–H groups in total. The number of nitrogens with zero attached hydrogens (tertiary/aromatic N) is 2. The standard InChI is InChI=1S/C14H16N2OS/c1-15-5-4-11-7-12(2-3-13(11)15)16-8-10(9-18)6-14(16)17/h2-5,7,10,18H,6,8-9H2,1H3. The molecular formula is C14H16N2OS. The van der Waals surface area contributed by atoms with Crippen LogP contribution in [0.1, 0.15) is 6.42 Å². The molecule has 1 aromatic heterocycles. The van der Waals surface area contributed by atoms with Crippen molar-refractivity contribution >= 4 is 35.1 Å². The van der Waals surface area contributed by atoms with Gasteiger partial charge < -0.3 is 9.47 Å². The molecule has 2 aromatic rings. The van der Waals surface area contributed by atoms with Crippen molar-refractivity contribution in [2.45, 2.75) is 6.42 Å². The van der Waals surface area contributed by atoms with Gasteiger partial charge in [0, 0.05) is 42.8 Å². The summed E-state index contributed by atoms with van der Waals surface area (Å²) >= 11 is 4.29. The normalized spacial score (nSPS) is 20.0. The summed E-state index contributed by atoms with van der Waals surface area (Å²) in [5.74, 6) is 1.37. The SMILES string of the molecule is Cn1ccc2cc(N3CC(CS)CC3=O)ccc21. The highest BCUT2D eigenvalue weighted by molar-refractivity contribution is 7.80. The fourth-order valence-electron chi connectivity index (χ4n) is 2.59. The minimum atomic E-state index is 0.212. The first-order valence-electron chi connectivity index (χ1n) is 6.15. The maximum absolute atomic E-state index is 12.0. The van der Waals surface area contributed by atoms with Crippen LogP contribution >= 0.6 is 12.6 Å². The van der Waals surface area contributed by atoms with Crippen molar-refractivity contribution in [3.8, 4) is 0 Å². The third-order valence-corrected chi connectivity index (χ3v) is 4.16. The van der Waals surface area contributed by atoms with E-state index in [-0.39, 0.29) is 5.91 Å². The number of aromatic nitrogens is 1. The highest BCUT2D eigenvalue weighted by Gasteiger charge is 2.29. The van der Waals surface area contributed by atoms with E-state index in [9.17, 15) is 4.79 Å². The van der Waals surface area contributed by atoms with Crippen LogP contribution in [-0.2, 0) is 11.8 Å². The highest BCUT2D eigenvalue weighted by atomic mass is 32.1. The first-order valence-corrected chi connectivity index (χ1v) is 6.78. The fourth-order valence-corrected chi connectivity index (χ4v) is 2.83. The highest BCUT2D eigenvalue weighted by Crippen LogP contribution is 2.28. The van der Waals surface area contributed by atoms with E-state index in [0.29, 0.717) is 12.3 Å². The van der Waals surface area contributed by atoms with Gasteiger partial charge in [0.1, 0.15) is 0 Å². The quantitative estimate of drug-likeness (QED) is 0.825. The van der Waals surface area contributed by atoms with Crippen LogP contribution in [0.2, 0.25) is 0 Å². The Hall–Kier alpha value is -1.42. The lowest BCUT2D eigenvalue weighted by Crippen LogP contribution is -2.24. The summed E-state index contributed by atoms with van der Waals surface area (Å²) < 4.78 is 2.08. The molecule has 1 amide bonds. The molecule has 3 nitrogen and oxygen atoms in total. The van der Waals surface area contributed by atoms with Gasteiger partial charge in [-0.3, -0.25) is 4.79 Å². The molecule has 3 rings (SSSR count). The van der Waals surface area contributed by atoms with Crippen LogP contribution in [-0.4, -0.2) is 22.8 Å². The van der Waals surface area contributed by atoms with Gasteiger partial charge in [-0.05, 0) is 35.9 Å². The predicted molar refractivity (Wildman–Crippen MR) is 77.2 cm³/mol. The number of aryl methyl sites for hydroxylation is 1. The zero-order valence-electron chi connectivity index (χ0n) is 10.3. The largest absolute Gasteiger partial charge is 0.351 e. The summed E-state index contributed by atoms with van der Waals surface area (Å²) in [6.07, 6.45) is 2.66. The number of amides is 1. The van der Waals surface area contributed by atoms with Crippen LogP contribution in [0.15, 0.2) is 30.5 Å². The van der Waals surface area contributed by atoms with Gasteiger partial charge in [-0.2, -0.15) is 12.6 Å². The molecule has 1 fully saturated rings. The molecule has 94 valence electrons. The van der Waals surface area contributed by atoms with E-state index < -0.39 is 0 Å². The molecule has 1 unspecified atom stereocenters. The van der Waals surface area contributed by atoms with Crippen LogP contribution in [0.5, 0.6) is 0 Å². The third-order valence-electron chi connectivity index (χ3n) is 3.64. The zero-order chi connectivity index (χ0) is 12.7. The smallest absolute Gasteiger partial charge is 0.227 e. The van der Waals surface area contributed by atoms with Crippen LogP contribution in [0.4, 0.5) is 5.69 Å². The molecule has 1 saturated heterocycles. The monoisotopic (exact) mass is 260 g/mol. The summed E-state index contributed by atoms with van der Waals surface area (Å²) in [5, 5.41) is 1.18. The fraction of sp³-hybridized carbons (Fsp3) is 0.357. The zero-order valence-corrected chi connectivity index (χ0v) is 11.2. The minimum absolute atomic E-state index is 0.212. The Kier molecular flexibility index (Phi) is 2.82. The molecule has 2 heterocycles. The summed E-state index contributed by atoms with van der Waals surface area (Å²) in [6, 6.07) is 8.27. The van der Waals surface area contributed by atoms with Gasteiger partial charge in [0.2, 0.25) is 5.91 Å². The average molecular weight is 260 g/mol. The molecule has 4 heteroatoms. The van der Waals surface area contributed by atoms with Gasteiger partial charge in [0.15, 0.2) is 0 Å². The van der Waals surface area contributed by atoms with Gasteiger partial charge in [-0.25, -0.2) is 0 Å². The molecule has 0 spiro atoms. The topological polar surface area (TPSA) is 25.2 Å². The number of hydrogen-bond donors (Lipinski definition) is 1. The van der Waals surface area contributed by atoms with E-state index >= 15 is 0 Å². The van der Waals surface area contributed by atoms with Crippen molar-refractivity contribution in [1.82, 2.24) is 4.57 Å². The molecular weight excluding hydrogens is 244 g/mol. The minimum Gasteiger partial charge on any atom is -0.351 e. The maximum Gasteiger partial charge on any atom is 0.227 e. The van der Waals surface area contributed by atoms with E-state index in [1.165, 1.54) is 10.9 Å². The molecule has 0 bridgehead atoms. The number of thiol groups is 1. The Morgan fingerprint density at radius 3 is 2.94 bits per heavy atom. The van der Waals surface area contributed by atoms with E-state index in [0.717, 1.165) is 18.0 Å². The Labute approximate surface area is 112 Å². The lowest BCUT2D eigenvalue weighted by Gasteiger charge is -2.16. The van der Waals surface area contributed by atoms with Gasteiger partial charge in [0.25, 0.3) is 0 Å². The van der Waals surface area contributed by atoms with Gasteiger partial charge in [-0.1, -0.05) is 0 Å². The number of benzene rings is 1. The second-order valence-corrected chi connectivity index (χ2v) is 5.29. The molecule has 1 aliphatic rings. The average Bonchev–Trinajstić information content (AvgIpc) is 2.93. The van der Waals surface area contributed by atoms with Crippen LogP contribution < -0.4 is 4.90 Å². The van der Waals surface area contributed by atoms with Gasteiger partial charge >= 0.3 is 0 Å². The van der Waals surface area contributed by atoms with E-state index in [1.54, 1.807) is 0 Å². The molecule has 1 aromatic carbocycles. The van der Waals surface area contributed by atoms with Gasteiger partial charge in [-0.15, -0.1) is 0 Å². The lowest BCUT2D eigenvalue weighted by atomic mass is 10.1. The number of fused-ring (bicyclic) bond motifs is 1. The van der Waals surface area contributed by atoms with Crippen LogP contribution in [0, 0.1) is 5.92 Å². The molecule has 1 aliphatic heterocycles. The second kappa shape index (κ2) is 4.35. The Bertz CT molecular complexity index is 605. The Balaban J connectivity index is 1.97. The van der Waals surface area contributed by atoms with Gasteiger partial charge in [0.05, 0.1) is 0 Å². The number of carbonyl (C=O) groups excluding carboxylic acids is 1. The van der Waals surface area contributed by atoms with Crippen molar-refractivity contribution in [3.05, 3.63) is 30.5 Å². The summed E-state index contributed by atoms with van der Waals surface area (Å²) in [7, 11) is 2.03. The third kappa shape index (κ3) is 1.81. The number of anilines is 1. The van der Waals surface area contributed by atoms with Crippen molar-refractivity contribution in [2.24, 2.45) is 13.0 Å². The first-order chi connectivity index (χ1) is 8.69. The van der Waals surface area contributed by atoms with Crippen LogP contribution in [0.25, 0.3) is 10.9 Å². The molecule has 0 aliphatic carbocycles. The molecule has 1 atom stereocenters. The number of rotatable bonds is 2. The Morgan fingerprint density at radius 1 is 1.39 bits per heavy atom. The van der Waals surface area contributed by atoms with E-state index in [4.69, 9.17) is 0 Å². The predicted octanol–water partition coefficient (Wildman–Crippen LogP) is 2.46. The number of hydrogen-bond acceptors (Lipinski definition) is 2. The molecule has 0 radical (unpaired) electrons. The maximum atomic E-state index is 12.0. The van der Waals surface area contributed by atoms with Crippen molar-refractivity contribution < 1.29 is 4.79 Å². The lowest BCUT2D eigenvalue weighted by molar-refractivity contribution is -0.117. The summed E-state index contributed by atoms with van der Waals surface area (Å²) in [4.78, 5) is 13.9. The number of carbonyl (C=O) groups is 1. The van der Waals surface area contributed by atoms with E-state index in [1.807, 2.05) is 24.2 Å². The van der Waals surface area contributed by atoms with Crippen molar-refractivity contribution in [1.29, 1.82) is 0 Å². The first kappa shape index (κ1) is 11.7. The summed E-state index contributed by atoms with van der Waals surface area (Å²) in [6.45, 7) is 0.792. The van der Waals surface area contributed by atoms with Crippen molar-refractivity contribution in [3.63, 3.8) is 0 Å².